The predicted molar refractivity (Wildman–Crippen MR) is 83.7 cm³/mol. The van der Waals surface area contributed by atoms with Crippen molar-refractivity contribution < 1.29 is 14.2 Å². The van der Waals surface area contributed by atoms with Gasteiger partial charge in [0.15, 0.2) is 0 Å². The largest absolute Gasteiger partial charge is 0.491 e. The van der Waals surface area contributed by atoms with Gasteiger partial charge in [-0.05, 0) is 33.3 Å². The van der Waals surface area contributed by atoms with E-state index in [1.54, 1.807) is 0 Å². The Morgan fingerprint density at radius 2 is 2.05 bits per heavy atom. The van der Waals surface area contributed by atoms with Crippen LogP contribution in [0.25, 0.3) is 0 Å². The van der Waals surface area contributed by atoms with Crippen molar-refractivity contribution in [3.05, 3.63) is 29.8 Å². The van der Waals surface area contributed by atoms with Crippen LogP contribution in [0.15, 0.2) is 24.3 Å². The summed E-state index contributed by atoms with van der Waals surface area (Å²) in [5.41, 5.74) is 1.27. The molecule has 4 heteroatoms. The average molecular weight is 293 g/mol. The summed E-state index contributed by atoms with van der Waals surface area (Å²) in [7, 11) is 0. The third-order valence-electron chi connectivity index (χ3n) is 3.36. The molecule has 1 atom stereocenters. The standard InChI is InChI=1S/C17H27NO3/c1-17(2,3)18-12-14-6-4-5-7-16(14)21-11-10-20-15-8-9-19-13-15/h4-7,15,18H,8-13H2,1-3H3. The second-order valence-electron chi connectivity index (χ2n) is 6.42. The average Bonchev–Trinajstić information content (AvgIpc) is 2.95. The molecule has 1 N–H and O–H groups in total. The molecule has 1 unspecified atom stereocenters. The van der Waals surface area contributed by atoms with Crippen LogP contribution in [0.4, 0.5) is 0 Å². The third kappa shape index (κ3) is 6.04. The lowest BCUT2D eigenvalue weighted by molar-refractivity contribution is 0.0264. The molecule has 1 aromatic carbocycles. The topological polar surface area (TPSA) is 39.7 Å². The Kier molecular flexibility index (Phi) is 6.03. The zero-order chi connectivity index (χ0) is 15.1. The van der Waals surface area contributed by atoms with Crippen molar-refractivity contribution in [2.45, 2.75) is 45.4 Å². The molecular weight excluding hydrogens is 266 g/mol. The number of para-hydroxylation sites is 1. The number of hydrogen-bond acceptors (Lipinski definition) is 4. The van der Waals surface area contributed by atoms with Crippen LogP contribution in [0.3, 0.4) is 0 Å². The number of hydrogen-bond donors (Lipinski definition) is 1. The summed E-state index contributed by atoms with van der Waals surface area (Å²) in [4.78, 5) is 0. The Morgan fingerprint density at radius 1 is 1.24 bits per heavy atom. The monoisotopic (exact) mass is 293 g/mol. The van der Waals surface area contributed by atoms with E-state index in [0.717, 1.165) is 25.3 Å². The third-order valence-corrected chi connectivity index (χ3v) is 3.36. The van der Waals surface area contributed by atoms with Crippen LogP contribution >= 0.6 is 0 Å². The lowest BCUT2D eigenvalue weighted by atomic mass is 10.1. The fraction of sp³-hybridized carbons (Fsp3) is 0.647. The van der Waals surface area contributed by atoms with E-state index < -0.39 is 0 Å². The molecule has 0 radical (unpaired) electrons. The second kappa shape index (κ2) is 7.78. The highest BCUT2D eigenvalue weighted by molar-refractivity contribution is 5.33. The fourth-order valence-corrected chi connectivity index (χ4v) is 2.16. The number of rotatable bonds is 7. The molecule has 21 heavy (non-hydrogen) atoms. The molecule has 0 saturated carbocycles. The van der Waals surface area contributed by atoms with Crippen LogP contribution < -0.4 is 10.1 Å². The van der Waals surface area contributed by atoms with Gasteiger partial charge in [-0.15, -0.1) is 0 Å². The van der Waals surface area contributed by atoms with Gasteiger partial charge in [0.25, 0.3) is 0 Å². The lowest BCUT2D eigenvalue weighted by Gasteiger charge is -2.21. The molecule has 1 aromatic rings. The zero-order valence-corrected chi connectivity index (χ0v) is 13.4. The minimum absolute atomic E-state index is 0.0959. The molecule has 0 amide bonds. The number of nitrogens with one attached hydrogen (secondary N) is 1. The predicted octanol–water partition coefficient (Wildman–Crippen LogP) is 2.76. The van der Waals surface area contributed by atoms with Gasteiger partial charge in [0.1, 0.15) is 12.4 Å². The quantitative estimate of drug-likeness (QED) is 0.785. The zero-order valence-electron chi connectivity index (χ0n) is 13.4. The number of benzene rings is 1. The second-order valence-corrected chi connectivity index (χ2v) is 6.42. The van der Waals surface area contributed by atoms with Crippen molar-refractivity contribution in [1.82, 2.24) is 5.32 Å². The highest BCUT2D eigenvalue weighted by atomic mass is 16.6. The van der Waals surface area contributed by atoms with Crippen molar-refractivity contribution >= 4 is 0 Å². The number of ether oxygens (including phenoxy) is 3. The molecule has 1 saturated heterocycles. The van der Waals surface area contributed by atoms with Crippen molar-refractivity contribution in [2.24, 2.45) is 0 Å². The van der Waals surface area contributed by atoms with Crippen LogP contribution in [0.2, 0.25) is 0 Å². The maximum atomic E-state index is 5.86. The first-order valence-corrected chi connectivity index (χ1v) is 7.70. The van der Waals surface area contributed by atoms with Gasteiger partial charge in [-0.3, -0.25) is 0 Å². The summed E-state index contributed by atoms with van der Waals surface area (Å²) in [5.74, 6) is 0.931. The Balaban J connectivity index is 1.76. The Labute approximate surface area is 127 Å². The normalized spacial score (nSPS) is 18.9. The molecule has 2 rings (SSSR count). The van der Waals surface area contributed by atoms with E-state index in [9.17, 15) is 0 Å². The molecule has 0 aliphatic carbocycles. The molecule has 1 aliphatic heterocycles. The Hall–Kier alpha value is -1.10. The van der Waals surface area contributed by atoms with Gasteiger partial charge in [0, 0.05) is 24.3 Å². The highest BCUT2D eigenvalue weighted by Gasteiger charge is 2.15. The van der Waals surface area contributed by atoms with E-state index in [2.05, 4.69) is 32.2 Å². The first-order chi connectivity index (χ1) is 10.0. The van der Waals surface area contributed by atoms with Gasteiger partial charge >= 0.3 is 0 Å². The maximum absolute atomic E-state index is 5.86. The van der Waals surface area contributed by atoms with Gasteiger partial charge in [0.2, 0.25) is 0 Å². The molecule has 118 valence electrons. The summed E-state index contributed by atoms with van der Waals surface area (Å²) < 4.78 is 16.9. The molecule has 0 spiro atoms. The SMILES string of the molecule is CC(C)(C)NCc1ccccc1OCCOC1CCOC1. The van der Waals surface area contributed by atoms with Crippen LogP contribution in [0.1, 0.15) is 32.8 Å². The van der Waals surface area contributed by atoms with E-state index in [1.165, 1.54) is 5.56 Å². The summed E-state index contributed by atoms with van der Waals surface area (Å²) >= 11 is 0. The van der Waals surface area contributed by atoms with Crippen molar-refractivity contribution in [3.63, 3.8) is 0 Å². The van der Waals surface area contributed by atoms with Gasteiger partial charge < -0.3 is 19.5 Å². The van der Waals surface area contributed by atoms with Crippen LogP contribution in [0, 0.1) is 0 Å². The molecule has 1 heterocycles. The van der Waals surface area contributed by atoms with E-state index >= 15 is 0 Å². The van der Waals surface area contributed by atoms with E-state index in [4.69, 9.17) is 14.2 Å². The molecular formula is C17H27NO3. The Morgan fingerprint density at radius 3 is 2.76 bits per heavy atom. The molecule has 1 fully saturated rings. The first kappa shape index (κ1) is 16.3. The van der Waals surface area contributed by atoms with Gasteiger partial charge in [-0.25, -0.2) is 0 Å². The van der Waals surface area contributed by atoms with Gasteiger partial charge in [-0.1, -0.05) is 18.2 Å². The van der Waals surface area contributed by atoms with Crippen LogP contribution in [0.5, 0.6) is 5.75 Å². The minimum Gasteiger partial charge on any atom is -0.491 e. The van der Waals surface area contributed by atoms with Crippen LogP contribution in [-0.2, 0) is 16.0 Å². The van der Waals surface area contributed by atoms with Crippen molar-refractivity contribution in [1.29, 1.82) is 0 Å². The molecule has 0 aromatic heterocycles. The fourth-order valence-electron chi connectivity index (χ4n) is 2.16. The lowest BCUT2D eigenvalue weighted by Crippen LogP contribution is -2.35. The summed E-state index contributed by atoms with van der Waals surface area (Å²) in [6, 6.07) is 8.15. The first-order valence-electron chi connectivity index (χ1n) is 7.70. The van der Waals surface area contributed by atoms with Gasteiger partial charge in [0.05, 0.1) is 19.3 Å². The minimum atomic E-state index is 0.0959. The summed E-state index contributed by atoms with van der Waals surface area (Å²) in [5, 5.41) is 3.49. The van der Waals surface area contributed by atoms with Crippen LogP contribution in [-0.4, -0.2) is 38.1 Å². The van der Waals surface area contributed by atoms with Crippen molar-refractivity contribution in [2.75, 3.05) is 26.4 Å². The highest BCUT2D eigenvalue weighted by Crippen LogP contribution is 2.19. The summed E-state index contributed by atoms with van der Waals surface area (Å²) in [6.07, 6.45) is 1.23. The van der Waals surface area contributed by atoms with Crippen molar-refractivity contribution in [3.8, 4) is 5.75 Å². The molecule has 0 bridgehead atoms. The summed E-state index contributed by atoms with van der Waals surface area (Å²) in [6.45, 7) is 9.99. The Bertz CT molecular complexity index is 422. The van der Waals surface area contributed by atoms with Gasteiger partial charge in [-0.2, -0.15) is 0 Å². The van der Waals surface area contributed by atoms with E-state index in [-0.39, 0.29) is 11.6 Å². The van der Waals surface area contributed by atoms with E-state index in [1.807, 2.05) is 18.2 Å². The molecule has 1 aliphatic rings. The molecule has 4 nitrogen and oxygen atoms in total. The van der Waals surface area contributed by atoms with E-state index in [0.29, 0.717) is 19.8 Å². The maximum Gasteiger partial charge on any atom is 0.123 e. The smallest absolute Gasteiger partial charge is 0.123 e.